The summed E-state index contributed by atoms with van der Waals surface area (Å²) in [5.41, 5.74) is 10.0. The van der Waals surface area contributed by atoms with E-state index in [1.807, 2.05) is 24.3 Å². The molecule has 1 nitrogen and oxygen atoms in total. The second-order valence-electron chi connectivity index (χ2n) is 4.64. The molecule has 1 aliphatic rings. The third-order valence-electron chi connectivity index (χ3n) is 3.65. The van der Waals surface area contributed by atoms with Gasteiger partial charge in [-0.25, -0.2) is 0 Å². The van der Waals surface area contributed by atoms with Gasteiger partial charge in [0.25, 0.3) is 0 Å². The van der Waals surface area contributed by atoms with Crippen LogP contribution in [0.1, 0.15) is 23.1 Å². The molecule has 1 unspecified atom stereocenters. The number of nitrogens with two attached hydrogens (primary N) is 1. The molecule has 0 saturated heterocycles. The van der Waals surface area contributed by atoms with Gasteiger partial charge in [-0.1, -0.05) is 48.0 Å². The van der Waals surface area contributed by atoms with Gasteiger partial charge in [0.15, 0.2) is 0 Å². The summed E-state index contributed by atoms with van der Waals surface area (Å²) in [6.45, 7) is 0. The van der Waals surface area contributed by atoms with E-state index in [9.17, 15) is 0 Å². The van der Waals surface area contributed by atoms with Crippen molar-refractivity contribution in [1.82, 2.24) is 0 Å². The molecule has 1 aliphatic carbocycles. The standard InChI is InChI=1S/C15H14ClN/c16-13-7-5-12(6-8-13)15(17)10-9-11-3-1-2-4-14(11)15/h1-8H,9-10,17H2. The lowest BCUT2D eigenvalue weighted by Crippen LogP contribution is -2.35. The molecular weight excluding hydrogens is 230 g/mol. The van der Waals surface area contributed by atoms with E-state index < -0.39 is 0 Å². The van der Waals surface area contributed by atoms with E-state index >= 15 is 0 Å². The molecule has 2 N–H and O–H groups in total. The second kappa shape index (κ2) is 3.86. The lowest BCUT2D eigenvalue weighted by Gasteiger charge is -2.26. The van der Waals surface area contributed by atoms with Gasteiger partial charge < -0.3 is 5.73 Å². The van der Waals surface area contributed by atoms with Gasteiger partial charge in [0.2, 0.25) is 0 Å². The predicted molar refractivity (Wildman–Crippen MR) is 71.2 cm³/mol. The van der Waals surface area contributed by atoms with Crippen LogP contribution in [0, 0.1) is 0 Å². The van der Waals surface area contributed by atoms with E-state index in [-0.39, 0.29) is 5.54 Å². The number of benzene rings is 2. The number of hydrogen-bond donors (Lipinski definition) is 1. The minimum Gasteiger partial charge on any atom is -0.318 e. The van der Waals surface area contributed by atoms with Crippen molar-refractivity contribution in [2.75, 3.05) is 0 Å². The van der Waals surface area contributed by atoms with Crippen LogP contribution in [0.15, 0.2) is 48.5 Å². The van der Waals surface area contributed by atoms with Crippen molar-refractivity contribution < 1.29 is 0 Å². The topological polar surface area (TPSA) is 26.0 Å². The second-order valence-corrected chi connectivity index (χ2v) is 5.07. The van der Waals surface area contributed by atoms with Crippen LogP contribution in [-0.2, 0) is 12.0 Å². The molecule has 0 saturated carbocycles. The Bertz CT molecular complexity index is 547. The molecule has 0 aliphatic heterocycles. The van der Waals surface area contributed by atoms with E-state index in [2.05, 4.69) is 24.3 Å². The SMILES string of the molecule is NC1(c2ccc(Cl)cc2)CCc2ccccc21. The quantitative estimate of drug-likeness (QED) is 0.815. The Hall–Kier alpha value is -1.31. The average molecular weight is 244 g/mol. The summed E-state index contributed by atoms with van der Waals surface area (Å²) >= 11 is 5.92. The number of rotatable bonds is 1. The lowest BCUT2D eigenvalue weighted by molar-refractivity contribution is 0.535. The maximum absolute atomic E-state index is 6.60. The first-order chi connectivity index (χ1) is 8.20. The Labute approximate surface area is 106 Å². The molecule has 0 aromatic heterocycles. The van der Waals surface area contributed by atoms with Crippen molar-refractivity contribution >= 4 is 11.6 Å². The monoisotopic (exact) mass is 243 g/mol. The van der Waals surface area contributed by atoms with Crippen molar-refractivity contribution in [1.29, 1.82) is 0 Å². The normalized spacial score (nSPS) is 22.5. The van der Waals surface area contributed by atoms with E-state index in [0.29, 0.717) is 0 Å². The average Bonchev–Trinajstić information content (AvgIpc) is 2.70. The van der Waals surface area contributed by atoms with E-state index in [4.69, 9.17) is 17.3 Å². The smallest absolute Gasteiger partial charge is 0.0671 e. The van der Waals surface area contributed by atoms with Crippen molar-refractivity contribution in [2.24, 2.45) is 5.73 Å². The summed E-state index contributed by atoms with van der Waals surface area (Å²) in [6.07, 6.45) is 2.02. The van der Waals surface area contributed by atoms with Gasteiger partial charge in [0.1, 0.15) is 0 Å². The zero-order chi connectivity index (χ0) is 11.9. The zero-order valence-electron chi connectivity index (χ0n) is 9.49. The van der Waals surface area contributed by atoms with Crippen LogP contribution < -0.4 is 5.73 Å². The van der Waals surface area contributed by atoms with Crippen LogP contribution in [0.4, 0.5) is 0 Å². The summed E-state index contributed by atoms with van der Waals surface area (Å²) < 4.78 is 0. The molecule has 2 aromatic carbocycles. The number of halogens is 1. The predicted octanol–water partition coefficient (Wildman–Crippen LogP) is 3.49. The zero-order valence-corrected chi connectivity index (χ0v) is 10.2. The molecule has 2 aromatic rings. The highest BCUT2D eigenvalue weighted by molar-refractivity contribution is 6.30. The third-order valence-corrected chi connectivity index (χ3v) is 3.90. The lowest BCUT2D eigenvalue weighted by atomic mass is 9.85. The van der Waals surface area contributed by atoms with Crippen LogP contribution >= 0.6 is 11.6 Å². The molecule has 0 amide bonds. The van der Waals surface area contributed by atoms with Crippen LogP contribution in [0.25, 0.3) is 0 Å². The number of hydrogen-bond acceptors (Lipinski definition) is 1. The van der Waals surface area contributed by atoms with Gasteiger partial charge in [0, 0.05) is 5.02 Å². The molecule has 0 radical (unpaired) electrons. The Morgan fingerprint density at radius 1 is 1.00 bits per heavy atom. The maximum atomic E-state index is 6.60. The molecule has 17 heavy (non-hydrogen) atoms. The van der Waals surface area contributed by atoms with Gasteiger partial charge in [-0.2, -0.15) is 0 Å². The Kier molecular flexibility index (Phi) is 2.46. The minimum absolute atomic E-state index is 0.346. The van der Waals surface area contributed by atoms with Crippen molar-refractivity contribution in [3.8, 4) is 0 Å². The highest BCUT2D eigenvalue weighted by atomic mass is 35.5. The van der Waals surface area contributed by atoms with Crippen LogP contribution in [0.2, 0.25) is 5.02 Å². The van der Waals surface area contributed by atoms with E-state index in [0.717, 1.165) is 23.4 Å². The fourth-order valence-electron chi connectivity index (χ4n) is 2.69. The first kappa shape index (κ1) is 10.8. The van der Waals surface area contributed by atoms with Crippen LogP contribution in [0.5, 0.6) is 0 Å². The third kappa shape index (κ3) is 1.67. The summed E-state index contributed by atoms with van der Waals surface area (Å²) in [5.74, 6) is 0. The highest BCUT2D eigenvalue weighted by Gasteiger charge is 2.36. The summed E-state index contributed by atoms with van der Waals surface area (Å²) in [4.78, 5) is 0. The van der Waals surface area contributed by atoms with Crippen molar-refractivity contribution in [3.63, 3.8) is 0 Å². The molecule has 3 rings (SSSR count). The molecule has 86 valence electrons. The van der Waals surface area contributed by atoms with Crippen LogP contribution in [-0.4, -0.2) is 0 Å². The largest absolute Gasteiger partial charge is 0.318 e. The molecular formula is C15H14ClN. The Morgan fingerprint density at radius 2 is 1.71 bits per heavy atom. The summed E-state index contributed by atoms with van der Waals surface area (Å²) in [5, 5.41) is 0.753. The first-order valence-electron chi connectivity index (χ1n) is 5.83. The summed E-state index contributed by atoms with van der Waals surface area (Å²) in [7, 11) is 0. The minimum atomic E-state index is -0.346. The molecule has 0 fully saturated rings. The van der Waals surface area contributed by atoms with Gasteiger partial charge >= 0.3 is 0 Å². The number of aryl methyl sites for hydroxylation is 1. The summed E-state index contributed by atoms with van der Waals surface area (Å²) in [6, 6.07) is 16.3. The molecule has 1 atom stereocenters. The molecule has 0 spiro atoms. The van der Waals surface area contributed by atoms with Crippen LogP contribution in [0.3, 0.4) is 0 Å². The van der Waals surface area contributed by atoms with E-state index in [1.54, 1.807) is 0 Å². The molecule has 0 heterocycles. The fraction of sp³-hybridized carbons (Fsp3) is 0.200. The maximum Gasteiger partial charge on any atom is 0.0671 e. The number of fused-ring (bicyclic) bond motifs is 1. The highest BCUT2D eigenvalue weighted by Crippen LogP contribution is 2.39. The van der Waals surface area contributed by atoms with E-state index in [1.165, 1.54) is 11.1 Å². The van der Waals surface area contributed by atoms with Crippen molar-refractivity contribution in [2.45, 2.75) is 18.4 Å². The fourth-order valence-corrected chi connectivity index (χ4v) is 2.81. The Morgan fingerprint density at radius 3 is 2.47 bits per heavy atom. The first-order valence-corrected chi connectivity index (χ1v) is 6.21. The Balaban J connectivity index is 2.12. The van der Waals surface area contributed by atoms with Gasteiger partial charge in [0.05, 0.1) is 5.54 Å². The van der Waals surface area contributed by atoms with Crippen molar-refractivity contribution in [3.05, 3.63) is 70.2 Å². The molecule has 2 heteroatoms. The molecule has 0 bridgehead atoms. The van der Waals surface area contributed by atoms with Gasteiger partial charge in [-0.3, -0.25) is 0 Å². The van der Waals surface area contributed by atoms with Gasteiger partial charge in [-0.15, -0.1) is 0 Å². The van der Waals surface area contributed by atoms with Gasteiger partial charge in [-0.05, 0) is 41.7 Å².